The van der Waals surface area contributed by atoms with Gasteiger partial charge >= 0.3 is 5.97 Å². The Bertz CT molecular complexity index is 454. The molecular weight excluding hydrogens is 257 g/mol. The smallest absolute Gasteiger partial charge is 0.330 e. The first kappa shape index (κ1) is 15.0. The molecule has 0 saturated heterocycles. The Labute approximate surface area is 119 Å². The highest BCUT2D eigenvalue weighted by molar-refractivity contribution is 5.82. The zero-order chi connectivity index (χ0) is 14.6. The average molecular weight is 279 g/mol. The van der Waals surface area contributed by atoms with Crippen molar-refractivity contribution in [3.8, 4) is 0 Å². The molecule has 1 aromatic carbocycles. The van der Waals surface area contributed by atoms with Crippen LogP contribution in [0.25, 0.3) is 0 Å². The summed E-state index contributed by atoms with van der Waals surface area (Å²) in [7, 11) is 0. The molecule has 20 heavy (non-hydrogen) atoms. The Hall–Kier alpha value is -1.42. The van der Waals surface area contributed by atoms with Crippen molar-refractivity contribution in [2.75, 3.05) is 6.61 Å². The maximum atomic E-state index is 13.1. The van der Waals surface area contributed by atoms with E-state index in [0.717, 1.165) is 18.4 Å². The van der Waals surface area contributed by atoms with Gasteiger partial charge in [0.2, 0.25) is 0 Å². The molecule has 1 atom stereocenters. The van der Waals surface area contributed by atoms with Crippen molar-refractivity contribution in [3.63, 3.8) is 0 Å². The van der Waals surface area contributed by atoms with E-state index in [-0.39, 0.29) is 11.8 Å². The SMILES string of the molecule is CCOC(=O)C(C)(NC1CCCC1)c1ccc(F)cc1. The fraction of sp³-hybridized carbons (Fsp3) is 0.562. The van der Waals surface area contributed by atoms with Gasteiger partial charge in [-0.1, -0.05) is 25.0 Å². The molecule has 1 aliphatic carbocycles. The summed E-state index contributed by atoms with van der Waals surface area (Å²) in [6.07, 6.45) is 4.49. The fourth-order valence-corrected chi connectivity index (χ4v) is 2.80. The first-order valence-electron chi connectivity index (χ1n) is 7.27. The lowest BCUT2D eigenvalue weighted by Crippen LogP contribution is -2.51. The van der Waals surface area contributed by atoms with E-state index in [2.05, 4.69) is 5.32 Å². The van der Waals surface area contributed by atoms with Gasteiger partial charge in [-0.25, -0.2) is 9.18 Å². The summed E-state index contributed by atoms with van der Waals surface area (Å²) in [5.74, 6) is -0.612. The molecule has 1 unspecified atom stereocenters. The van der Waals surface area contributed by atoms with E-state index in [1.54, 1.807) is 19.1 Å². The van der Waals surface area contributed by atoms with Crippen molar-refractivity contribution in [3.05, 3.63) is 35.6 Å². The molecule has 1 saturated carbocycles. The van der Waals surface area contributed by atoms with Gasteiger partial charge in [-0.2, -0.15) is 0 Å². The normalized spacial score (nSPS) is 18.8. The standard InChI is InChI=1S/C16H22FNO2/c1-3-20-15(19)16(2,18-14-6-4-5-7-14)12-8-10-13(17)11-9-12/h8-11,14,18H,3-7H2,1-2H3. The average Bonchev–Trinajstić information content (AvgIpc) is 2.92. The monoisotopic (exact) mass is 279 g/mol. The fourth-order valence-electron chi connectivity index (χ4n) is 2.80. The molecule has 2 rings (SSSR count). The van der Waals surface area contributed by atoms with Crippen molar-refractivity contribution in [2.45, 2.75) is 51.1 Å². The minimum Gasteiger partial charge on any atom is -0.464 e. The molecule has 0 heterocycles. The van der Waals surface area contributed by atoms with Crippen LogP contribution in [-0.2, 0) is 15.1 Å². The lowest BCUT2D eigenvalue weighted by atomic mass is 9.90. The zero-order valence-corrected chi connectivity index (χ0v) is 12.1. The van der Waals surface area contributed by atoms with Crippen molar-refractivity contribution in [1.82, 2.24) is 5.32 Å². The second-order valence-corrected chi connectivity index (χ2v) is 5.48. The molecule has 1 fully saturated rings. The van der Waals surface area contributed by atoms with Gasteiger partial charge in [0.05, 0.1) is 6.61 Å². The molecule has 3 nitrogen and oxygen atoms in total. The Morgan fingerprint density at radius 1 is 1.35 bits per heavy atom. The number of hydrogen-bond acceptors (Lipinski definition) is 3. The Morgan fingerprint density at radius 3 is 2.50 bits per heavy atom. The Morgan fingerprint density at radius 2 is 1.95 bits per heavy atom. The highest BCUT2D eigenvalue weighted by atomic mass is 19.1. The van der Waals surface area contributed by atoms with Crippen LogP contribution in [0, 0.1) is 5.82 Å². The predicted molar refractivity (Wildman–Crippen MR) is 75.8 cm³/mol. The number of benzene rings is 1. The number of nitrogens with one attached hydrogen (secondary N) is 1. The first-order chi connectivity index (χ1) is 9.56. The van der Waals surface area contributed by atoms with Crippen LogP contribution in [0.3, 0.4) is 0 Å². The lowest BCUT2D eigenvalue weighted by Gasteiger charge is -2.32. The van der Waals surface area contributed by atoms with Gasteiger partial charge < -0.3 is 4.74 Å². The molecule has 0 radical (unpaired) electrons. The summed E-state index contributed by atoms with van der Waals surface area (Å²) in [5.41, 5.74) is -0.178. The van der Waals surface area contributed by atoms with Crippen molar-refractivity contribution in [2.24, 2.45) is 0 Å². The summed E-state index contributed by atoms with van der Waals surface area (Å²) in [6.45, 7) is 3.94. The van der Waals surface area contributed by atoms with E-state index in [1.807, 2.05) is 6.92 Å². The number of halogens is 1. The van der Waals surface area contributed by atoms with E-state index in [9.17, 15) is 9.18 Å². The van der Waals surface area contributed by atoms with Crippen LogP contribution in [0.1, 0.15) is 45.1 Å². The summed E-state index contributed by atoms with van der Waals surface area (Å²) >= 11 is 0. The number of carbonyl (C=O) groups is 1. The maximum absolute atomic E-state index is 13.1. The largest absolute Gasteiger partial charge is 0.464 e. The summed E-state index contributed by atoms with van der Waals surface area (Å²) < 4.78 is 18.3. The van der Waals surface area contributed by atoms with Crippen LogP contribution in [0.5, 0.6) is 0 Å². The molecular formula is C16H22FNO2. The Kier molecular flexibility index (Phi) is 4.76. The molecule has 4 heteroatoms. The highest BCUT2D eigenvalue weighted by Gasteiger charge is 2.39. The molecule has 0 aromatic heterocycles. The number of ether oxygens (including phenoxy) is 1. The quantitative estimate of drug-likeness (QED) is 0.842. The van der Waals surface area contributed by atoms with E-state index < -0.39 is 5.54 Å². The zero-order valence-electron chi connectivity index (χ0n) is 12.1. The van der Waals surface area contributed by atoms with Gasteiger partial charge in [0.25, 0.3) is 0 Å². The second-order valence-electron chi connectivity index (χ2n) is 5.48. The van der Waals surface area contributed by atoms with Crippen LogP contribution in [0.2, 0.25) is 0 Å². The van der Waals surface area contributed by atoms with Crippen molar-refractivity contribution in [1.29, 1.82) is 0 Å². The number of rotatable bonds is 5. The first-order valence-corrected chi connectivity index (χ1v) is 7.27. The summed E-state index contributed by atoms with van der Waals surface area (Å²) in [6, 6.07) is 6.36. The topological polar surface area (TPSA) is 38.3 Å². The van der Waals surface area contributed by atoms with E-state index in [0.29, 0.717) is 12.6 Å². The highest BCUT2D eigenvalue weighted by Crippen LogP contribution is 2.28. The molecule has 1 N–H and O–H groups in total. The van der Waals surface area contributed by atoms with Crippen LogP contribution in [-0.4, -0.2) is 18.6 Å². The third-order valence-electron chi connectivity index (χ3n) is 3.95. The van der Waals surface area contributed by atoms with Gasteiger partial charge in [0.1, 0.15) is 11.4 Å². The van der Waals surface area contributed by atoms with Crippen LogP contribution in [0.4, 0.5) is 4.39 Å². The number of esters is 1. The predicted octanol–water partition coefficient (Wildman–Crippen LogP) is 3.14. The van der Waals surface area contributed by atoms with Gasteiger partial charge in [0, 0.05) is 6.04 Å². The molecule has 0 amide bonds. The maximum Gasteiger partial charge on any atom is 0.330 e. The molecule has 0 spiro atoms. The number of carbonyl (C=O) groups excluding carboxylic acids is 1. The second kappa shape index (κ2) is 6.35. The molecule has 0 aliphatic heterocycles. The number of hydrogen-bond donors (Lipinski definition) is 1. The van der Waals surface area contributed by atoms with Crippen LogP contribution >= 0.6 is 0 Å². The van der Waals surface area contributed by atoms with Gasteiger partial charge in [0.15, 0.2) is 0 Å². The van der Waals surface area contributed by atoms with Gasteiger partial charge in [-0.3, -0.25) is 5.32 Å². The van der Waals surface area contributed by atoms with Crippen molar-refractivity contribution >= 4 is 5.97 Å². The third kappa shape index (κ3) is 3.18. The van der Waals surface area contributed by atoms with Crippen LogP contribution < -0.4 is 5.32 Å². The molecule has 1 aromatic rings. The minimum atomic E-state index is -0.918. The van der Waals surface area contributed by atoms with Gasteiger partial charge in [-0.15, -0.1) is 0 Å². The summed E-state index contributed by atoms with van der Waals surface area (Å²) in [5, 5.41) is 3.42. The molecule has 1 aliphatic rings. The molecule has 0 bridgehead atoms. The minimum absolute atomic E-state index is 0.305. The van der Waals surface area contributed by atoms with Crippen LogP contribution in [0.15, 0.2) is 24.3 Å². The Balaban J connectivity index is 2.26. The van der Waals surface area contributed by atoms with Crippen molar-refractivity contribution < 1.29 is 13.9 Å². The van der Waals surface area contributed by atoms with Gasteiger partial charge in [-0.05, 0) is 44.4 Å². The van der Waals surface area contributed by atoms with E-state index >= 15 is 0 Å². The third-order valence-corrected chi connectivity index (χ3v) is 3.95. The van der Waals surface area contributed by atoms with E-state index in [4.69, 9.17) is 4.74 Å². The molecule has 110 valence electrons. The lowest BCUT2D eigenvalue weighted by molar-refractivity contribution is -0.151. The van der Waals surface area contributed by atoms with E-state index in [1.165, 1.54) is 25.0 Å². The summed E-state index contributed by atoms with van der Waals surface area (Å²) in [4.78, 5) is 12.4.